The van der Waals surface area contributed by atoms with Gasteiger partial charge >= 0.3 is 0 Å². The fourth-order valence-corrected chi connectivity index (χ4v) is 2.16. The van der Waals surface area contributed by atoms with Crippen molar-refractivity contribution < 1.29 is 0 Å². The van der Waals surface area contributed by atoms with Crippen LogP contribution in [0.1, 0.15) is 37.8 Å². The van der Waals surface area contributed by atoms with Crippen LogP contribution < -0.4 is 5.32 Å². The average molecular weight is 189 g/mol. The van der Waals surface area contributed by atoms with Gasteiger partial charge in [0.05, 0.1) is 0 Å². The number of benzene rings is 1. The molecule has 0 saturated heterocycles. The Bertz CT molecular complexity index is 343. The lowest BCUT2D eigenvalue weighted by Crippen LogP contribution is -2.38. The van der Waals surface area contributed by atoms with Gasteiger partial charge in [-0.2, -0.15) is 0 Å². The zero-order valence-corrected chi connectivity index (χ0v) is 9.35. The van der Waals surface area contributed by atoms with Crippen LogP contribution in [0.5, 0.6) is 0 Å². The molecule has 2 rings (SSSR count). The summed E-state index contributed by atoms with van der Waals surface area (Å²) in [5.74, 6) is 0. The molecule has 0 radical (unpaired) electrons. The van der Waals surface area contributed by atoms with Gasteiger partial charge in [0.15, 0.2) is 0 Å². The topological polar surface area (TPSA) is 12.0 Å². The molecule has 1 atom stereocenters. The first-order valence-electron chi connectivity index (χ1n) is 5.51. The predicted octanol–water partition coefficient (Wildman–Crippen LogP) is 3.52. The van der Waals surface area contributed by atoms with Crippen molar-refractivity contribution in [2.75, 3.05) is 5.32 Å². The van der Waals surface area contributed by atoms with Crippen molar-refractivity contribution >= 4 is 5.69 Å². The quantitative estimate of drug-likeness (QED) is 0.712. The molecule has 1 unspecified atom stereocenters. The first-order valence-corrected chi connectivity index (χ1v) is 5.51. The summed E-state index contributed by atoms with van der Waals surface area (Å²) < 4.78 is 0. The van der Waals surface area contributed by atoms with Gasteiger partial charge in [-0.05, 0) is 44.2 Å². The summed E-state index contributed by atoms with van der Waals surface area (Å²) >= 11 is 0. The Morgan fingerprint density at radius 2 is 2.21 bits per heavy atom. The van der Waals surface area contributed by atoms with E-state index in [4.69, 9.17) is 0 Å². The van der Waals surface area contributed by atoms with E-state index in [1.165, 1.54) is 36.1 Å². The molecule has 0 aliphatic carbocycles. The molecular weight excluding hydrogens is 170 g/mol. The van der Waals surface area contributed by atoms with Gasteiger partial charge in [0, 0.05) is 11.2 Å². The molecule has 1 N–H and O–H groups in total. The van der Waals surface area contributed by atoms with Crippen LogP contribution in [0.15, 0.2) is 18.2 Å². The average Bonchev–Trinajstić information content (AvgIpc) is 2.20. The lowest BCUT2D eigenvalue weighted by atomic mass is 9.85. The maximum absolute atomic E-state index is 3.69. The number of rotatable bonds is 1. The van der Waals surface area contributed by atoms with E-state index >= 15 is 0 Å². The molecule has 1 aliphatic heterocycles. The van der Waals surface area contributed by atoms with E-state index in [1.54, 1.807) is 0 Å². The number of aryl methyl sites for hydroxylation is 2. The Hall–Kier alpha value is -0.980. The molecule has 0 amide bonds. The van der Waals surface area contributed by atoms with Crippen LogP contribution in [0.25, 0.3) is 0 Å². The molecule has 0 fully saturated rings. The van der Waals surface area contributed by atoms with E-state index in [9.17, 15) is 0 Å². The van der Waals surface area contributed by atoms with Crippen molar-refractivity contribution in [3.8, 4) is 0 Å². The second-order valence-electron chi connectivity index (χ2n) is 4.65. The van der Waals surface area contributed by atoms with Crippen LogP contribution >= 0.6 is 0 Å². The van der Waals surface area contributed by atoms with Crippen LogP contribution in [-0.2, 0) is 6.42 Å². The summed E-state index contributed by atoms with van der Waals surface area (Å²) in [4.78, 5) is 0. The molecule has 0 aromatic heterocycles. The molecule has 0 spiro atoms. The summed E-state index contributed by atoms with van der Waals surface area (Å²) in [6.07, 6.45) is 3.66. The Morgan fingerprint density at radius 3 is 2.93 bits per heavy atom. The van der Waals surface area contributed by atoms with Gasteiger partial charge in [-0.25, -0.2) is 0 Å². The molecule has 1 aromatic carbocycles. The highest BCUT2D eigenvalue weighted by Crippen LogP contribution is 2.34. The monoisotopic (exact) mass is 189 g/mol. The number of para-hydroxylation sites is 1. The molecule has 1 heterocycles. The number of anilines is 1. The Morgan fingerprint density at radius 1 is 1.43 bits per heavy atom. The van der Waals surface area contributed by atoms with Gasteiger partial charge in [0.1, 0.15) is 0 Å². The summed E-state index contributed by atoms with van der Waals surface area (Å²) in [5, 5.41) is 3.69. The first-order chi connectivity index (χ1) is 6.64. The van der Waals surface area contributed by atoms with Crippen molar-refractivity contribution in [1.29, 1.82) is 0 Å². The summed E-state index contributed by atoms with van der Waals surface area (Å²) in [7, 11) is 0. The third kappa shape index (κ3) is 1.52. The molecule has 14 heavy (non-hydrogen) atoms. The van der Waals surface area contributed by atoms with Crippen LogP contribution in [0.2, 0.25) is 0 Å². The maximum atomic E-state index is 3.69. The maximum Gasteiger partial charge on any atom is 0.0406 e. The Balaban J connectivity index is 2.38. The summed E-state index contributed by atoms with van der Waals surface area (Å²) in [6, 6.07) is 6.59. The zero-order valence-electron chi connectivity index (χ0n) is 9.35. The minimum atomic E-state index is 0.305. The third-order valence-corrected chi connectivity index (χ3v) is 3.51. The van der Waals surface area contributed by atoms with E-state index in [0.717, 1.165) is 0 Å². The van der Waals surface area contributed by atoms with Gasteiger partial charge in [0.25, 0.3) is 0 Å². The van der Waals surface area contributed by atoms with Gasteiger partial charge in [-0.15, -0.1) is 0 Å². The SMILES string of the molecule is CCC1(C)CCc2cccc(C)c2N1. The van der Waals surface area contributed by atoms with Crippen molar-refractivity contribution in [2.24, 2.45) is 0 Å². The molecule has 1 aromatic rings. The number of hydrogen-bond donors (Lipinski definition) is 1. The predicted molar refractivity (Wildman–Crippen MR) is 61.8 cm³/mol. The minimum absolute atomic E-state index is 0.305. The number of fused-ring (bicyclic) bond motifs is 1. The lowest BCUT2D eigenvalue weighted by Gasteiger charge is -2.37. The highest BCUT2D eigenvalue weighted by molar-refractivity contribution is 5.60. The lowest BCUT2D eigenvalue weighted by molar-refractivity contribution is 0.443. The van der Waals surface area contributed by atoms with E-state index in [0.29, 0.717) is 5.54 Å². The van der Waals surface area contributed by atoms with Gasteiger partial charge < -0.3 is 5.32 Å². The fraction of sp³-hybridized carbons (Fsp3) is 0.538. The third-order valence-electron chi connectivity index (χ3n) is 3.51. The van der Waals surface area contributed by atoms with Gasteiger partial charge in [-0.3, -0.25) is 0 Å². The highest BCUT2D eigenvalue weighted by Gasteiger charge is 2.27. The smallest absolute Gasteiger partial charge is 0.0406 e. The molecule has 0 bridgehead atoms. The molecular formula is C13H19N. The molecule has 1 aliphatic rings. The fourth-order valence-electron chi connectivity index (χ4n) is 2.16. The molecule has 0 saturated carbocycles. The normalized spacial score (nSPS) is 25.4. The van der Waals surface area contributed by atoms with Crippen molar-refractivity contribution in [3.63, 3.8) is 0 Å². The van der Waals surface area contributed by atoms with Crippen LogP contribution in [0, 0.1) is 6.92 Å². The van der Waals surface area contributed by atoms with E-state index in [1.807, 2.05) is 0 Å². The van der Waals surface area contributed by atoms with Gasteiger partial charge in [-0.1, -0.05) is 25.1 Å². The van der Waals surface area contributed by atoms with Crippen LogP contribution in [0.4, 0.5) is 5.69 Å². The second-order valence-corrected chi connectivity index (χ2v) is 4.65. The van der Waals surface area contributed by atoms with Crippen molar-refractivity contribution in [2.45, 2.75) is 45.6 Å². The van der Waals surface area contributed by atoms with E-state index in [2.05, 4.69) is 44.3 Å². The second kappa shape index (κ2) is 3.30. The standard InChI is InChI=1S/C13H19N/c1-4-13(3)9-8-11-7-5-6-10(2)12(11)14-13/h5-7,14H,4,8-9H2,1-3H3. The van der Waals surface area contributed by atoms with Gasteiger partial charge in [0.2, 0.25) is 0 Å². The number of nitrogens with one attached hydrogen (secondary N) is 1. The highest BCUT2D eigenvalue weighted by atomic mass is 15.0. The molecule has 76 valence electrons. The minimum Gasteiger partial charge on any atom is -0.379 e. The van der Waals surface area contributed by atoms with E-state index in [-0.39, 0.29) is 0 Å². The summed E-state index contributed by atoms with van der Waals surface area (Å²) in [5.41, 5.74) is 4.54. The Labute approximate surface area is 86.5 Å². The first kappa shape index (κ1) is 9.57. The van der Waals surface area contributed by atoms with Crippen LogP contribution in [0.3, 0.4) is 0 Å². The van der Waals surface area contributed by atoms with E-state index < -0.39 is 0 Å². The number of hydrogen-bond acceptors (Lipinski definition) is 1. The van der Waals surface area contributed by atoms with Crippen molar-refractivity contribution in [1.82, 2.24) is 0 Å². The molecule has 1 nitrogen and oxygen atoms in total. The zero-order chi connectivity index (χ0) is 10.2. The molecule has 1 heteroatoms. The van der Waals surface area contributed by atoms with Crippen LogP contribution in [-0.4, -0.2) is 5.54 Å². The van der Waals surface area contributed by atoms with Crippen molar-refractivity contribution in [3.05, 3.63) is 29.3 Å². The Kier molecular flexibility index (Phi) is 2.26. The largest absolute Gasteiger partial charge is 0.379 e. The summed E-state index contributed by atoms with van der Waals surface area (Å²) in [6.45, 7) is 6.77.